The smallest absolute Gasteiger partial charge is 0.140 e. The van der Waals surface area contributed by atoms with E-state index in [-0.39, 0.29) is 5.75 Å². The SMILES string of the molecule is Oc1ccccc1C=Nc1ccccc1-c1nc2ccccc2[nH]1. The highest BCUT2D eigenvalue weighted by Crippen LogP contribution is 2.29. The average Bonchev–Trinajstić information content (AvgIpc) is 3.05. The van der Waals surface area contributed by atoms with Crippen molar-refractivity contribution in [1.29, 1.82) is 0 Å². The number of phenolic OH excluding ortho intramolecular Hbond substituents is 1. The zero-order valence-corrected chi connectivity index (χ0v) is 12.8. The number of nitrogens with one attached hydrogen (secondary N) is 1. The molecule has 0 atom stereocenters. The number of aromatic hydroxyl groups is 1. The van der Waals surface area contributed by atoms with Crippen molar-refractivity contribution < 1.29 is 5.11 Å². The van der Waals surface area contributed by atoms with Gasteiger partial charge in [-0.2, -0.15) is 0 Å². The van der Waals surface area contributed by atoms with Gasteiger partial charge in [-0.25, -0.2) is 4.98 Å². The number of imidazole rings is 1. The van der Waals surface area contributed by atoms with Crippen LogP contribution in [-0.4, -0.2) is 21.3 Å². The van der Waals surface area contributed by atoms with Crippen molar-refractivity contribution in [2.75, 3.05) is 0 Å². The number of rotatable bonds is 3. The maximum Gasteiger partial charge on any atom is 0.140 e. The highest BCUT2D eigenvalue weighted by atomic mass is 16.3. The fourth-order valence-electron chi connectivity index (χ4n) is 2.60. The number of hydrogen-bond acceptors (Lipinski definition) is 3. The molecule has 0 bridgehead atoms. The summed E-state index contributed by atoms with van der Waals surface area (Å²) in [6.45, 7) is 0. The molecule has 0 aliphatic heterocycles. The number of aliphatic imine (C=N–C) groups is 1. The van der Waals surface area contributed by atoms with Crippen LogP contribution in [0.5, 0.6) is 5.75 Å². The van der Waals surface area contributed by atoms with Crippen LogP contribution in [0, 0.1) is 0 Å². The van der Waals surface area contributed by atoms with Crippen molar-refractivity contribution >= 4 is 22.9 Å². The Bertz CT molecular complexity index is 1000. The largest absolute Gasteiger partial charge is 0.507 e. The third-order valence-corrected chi connectivity index (χ3v) is 3.83. The molecule has 4 rings (SSSR count). The topological polar surface area (TPSA) is 61.3 Å². The van der Waals surface area contributed by atoms with Crippen molar-refractivity contribution in [1.82, 2.24) is 9.97 Å². The highest BCUT2D eigenvalue weighted by molar-refractivity contribution is 5.88. The first kappa shape index (κ1) is 14.2. The number of phenols is 1. The number of para-hydroxylation sites is 4. The van der Waals surface area contributed by atoms with E-state index in [1.54, 1.807) is 18.3 Å². The lowest BCUT2D eigenvalue weighted by molar-refractivity contribution is 0.474. The monoisotopic (exact) mass is 313 g/mol. The molecule has 1 heterocycles. The first-order valence-electron chi connectivity index (χ1n) is 7.67. The number of fused-ring (bicyclic) bond motifs is 1. The first-order chi connectivity index (χ1) is 11.8. The van der Waals surface area contributed by atoms with Gasteiger partial charge in [0.1, 0.15) is 11.6 Å². The summed E-state index contributed by atoms with van der Waals surface area (Å²) in [5.74, 6) is 0.990. The fourth-order valence-corrected chi connectivity index (χ4v) is 2.60. The van der Waals surface area contributed by atoms with Crippen LogP contribution < -0.4 is 0 Å². The Balaban J connectivity index is 1.77. The van der Waals surface area contributed by atoms with Gasteiger partial charge in [-0.1, -0.05) is 36.4 Å². The maximum atomic E-state index is 9.86. The van der Waals surface area contributed by atoms with Gasteiger partial charge in [0, 0.05) is 17.3 Å². The minimum atomic E-state index is 0.211. The minimum Gasteiger partial charge on any atom is -0.507 e. The van der Waals surface area contributed by atoms with Crippen LogP contribution in [0.15, 0.2) is 77.8 Å². The van der Waals surface area contributed by atoms with E-state index in [9.17, 15) is 5.11 Å². The third kappa shape index (κ3) is 2.65. The summed E-state index contributed by atoms with van der Waals surface area (Å²) < 4.78 is 0. The predicted octanol–water partition coefficient (Wildman–Crippen LogP) is 4.69. The summed E-state index contributed by atoms with van der Waals surface area (Å²) in [5.41, 5.74) is 4.30. The van der Waals surface area contributed by atoms with Crippen molar-refractivity contribution in [2.45, 2.75) is 0 Å². The van der Waals surface area contributed by atoms with Crippen LogP contribution in [0.4, 0.5) is 5.69 Å². The molecule has 0 amide bonds. The van der Waals surface area contributed by atoms with E-state index in [0.29, 0.717) is 5.56 Å². The third-order valence-electron chi connectivity index (χ3n) is 3.83. The number of hydrogen-bond donors (Lipinski definition) is 2. The molecule has 0 aliphatic rings. The van der Waals surface area contributed by atoms with Crippen LogP contribution in [0.25, 0.3) is 22.4 Å². The molecule has 0 radical (unpaired) electrons. The number of H-pyrrole nitrogens is 1. The average molecular weight is 313 g/mol. The number of nitrogens with zero attached hydrogens (tertiary/aromatic N) is 2. The van der Waals surface area contributed by atoms with E-state index in [1.807, 2.05) is 60.7 Å². The molecular formula is C20H15N3O. The van der Waals surface area contributed by atoms with Gasteiger partial charge in [-0.05, 0) is 36.4 Å². The number of aromatic amines is 1. The van der Waals surface area contributed by atoms with Gasteiger partial charge in [0.05, 0.1) is 16.7 Å². The lowest BCUT2D eigenvalue weighted by atomic mass is 10.1. The Hall–Kier alpha value is -3.40. The zero-order valence-electron chi connectivity index (χ0n) is 12.8. The fraction of sp³-hybridized carbons (Fsp3) is 0. The number of aromatic nitrogens is 2. The normalized spacial score (nSPS) is 11.3. The molecule has 0 saturated carbocycles. The lowest BCUT2D eigenvalue weighted by Crippen LogP contribution is -1.84. The summed E-state index contributed by atoms with van der Waals surface area (Å²) in [5, 5.41) is 9.86. The van der Waals surface area contributed by atoms with Crippen LogP contribution in [0.2, 0.25) is 0 Å². The van der Waals surface area contributed by atoms with E-state index < -0.39 is 0 Å². The first-order valence-corrected chi connectivity index (χ1v) is 7.67. The van der Waals surface area contributed by atoms with Crippen LogP contribution in [0.1, 0.15) is 5.56 Å². The summed E-state index contributed by atoms with van der Waals surface area (Å²) in [4.78, 5) is 12.5. The Morgan fingerprint density at radius 1 is 0.875 bits per heavy atom. The van der Waals surface area contributed by atoms with Gasteiger partial charge in [0.2, 0.25) is 0 Å². The number of benzene rings is 3. The molecule has 4 aromatic rings. The summed E-state index contributed by atoms with van der Waals surface area (Å²) in [6.07, 6.45) is 1.66. The van der Waals surface area contributed by atoms with Gasteiger partial charge in [0.25, 0.3) is 0 Å². The second-order valence-corrected chi connectivity index (χ2v) is 5.44. The second kappa shape index (κ2) is 6.01. The quantitative estimate of drug-likeness (QED) is 0.539. The summed E-state index contributed by atoms with van der Waals surface area (Å²) in [6, 6.07) is 22.8. The molecule has 0 unspecified atom stereocenters. The Labute approximate surface area is 139 Å². The molecule has 3 aromatic carbocycles. The molecule has 116 valence electrons. The van der Waals surface area contributed by atoms with Gasteiger partial charge >= 0.3 is 0 Å². The molecule has 24 heavy (non-hydrogen) atoms. The van der Waals surface area contributed by atoms with Gasteiger partial charge < -0.3 is 10.1 Å². The standard InChI is InChI=1S/C20H15N3O/c24-19-12-6-1-7-14(19)13-21-16-9-3-2-8-15(16)20-22-17-10-4-5-11-18(17)23-20/h1-13,24H,(H,22,23). The molecule has 0 spiro atoms. The molecule has 4 heteroatoms. The van der Waals surface area contributed by atoms with Crippen molar-refractivity contribution in [3.8, 4) is 17.1 Å². The van der Waals surface area contributed by atoms with Crippen LogP contribution >= 0.6 is 0 Å². The second-order valence-electron chi connectivity index (χ2n) is 5.44. The Kier molecular flexibility index (Phi) is 3.56. The predicted molar refractivity (Wildman–Crippen MR) is 96.9 cm³/mol. The minimum absolute atomic E-state index is 0.211. The van der Waals surface area contributed by atoms with E-state index in [2.05, 4.69) is 15.0 Å². The Morgan fingerprint density at radius 2 is 1.62 bits per heavy atom. The summed E-state index contributed by atoms with van der Waals surface area (Å²) in [7, 11) is 0. The zero-order chi connectivity index (χ0) is 16.4. The molecular weight excluding hydrogens is 298 g/mol. The van der Waals surface area contributed by atoms with Crippen LogP contribution in [-0.2, 0) is 0 Å². The Morgan fingerprint density at radius 3 is 2.50 bits per heavy atom. The van der Waals surface area contributed by atoms with Crippen molar-refractivity contribution in [3.63, 3.8) is 0 Å². The van der Waals surface area contributed by atoms with Crippen molar-refractivity contribution in [2.24, 2.45) is 4.99 Å². The maximum absolute atomic E-state index is 9.86. The van der Waals surface area contributed by atoms with Crippen molar-refractivity contribution in [3.05, 3.63) is 78.4 Å². The van der Waals surface area contributed by atoms with E-state index in [1.165, 1.54) is 0 Å². The van der Waals surface area contributed by atoms with E-state index in [4.69, 9.17) is 0 Å². The molecule has 0 saturated heterocycles. The van der Waals surface area contributed by atoms with E-state index >= 15 is 0 Å². The van der Waals surface area contributed by atoms with Crippen LogP contribution in [0.3, 0.4) is 0 Å². The molecule has 1 aromatic heterocycles. The molecule has 0 aliphatic carbocycles. The van der Waals surface area contributed by atoms with Gasteiger partial charge in [-0.15, -0.1) is 0 Å². The lowest BCUT2D eigenvalue weighted by Gasteiger charge is -2.02. The summed E-state index contributed by atoms with van der Waals surface area (Å²) >= 11 is 0. The highest BCUT2D eigenvalue weighted by Gasteiger charge is 2.08. The van der Waals surface area contributed by atoms with E-state index in [0.717, 1.165) is 28.1 Å². The van der Waals surface area contributed by atoms with Gasteiger partial charge in [-0.3, -0.25) is 4.99 Å². The van der Waals surface area contributed by atoms with Gasteiger partial charge in [0.15, 0.2) is 0 Å². The molecule has 0 fully saturated rings. The molecule has 2 N–H and O–H groups in total. The molecule has 4 nitrogen and oxygen atoms in total.